The van der Waals surface area contributed by atoms with Gasteiger partial charge in [-0.2, -0.15) is 13.2 Å². The van der Waals surface area contributed by atoms with Crippen molar-refractivity contribution in [3.8, 4) is 5.75 Å². The first-order valence-electron chi connectivity index (χ1n) is 7.35. The van der Waals surface area contributed by atoms with Crippen LogP contribution in [-0.4, -0.2) is 30.6 Å². The number of hydrogen-bond donors (Lipinski definition) is 2. The first kappa shape index (κ1) is 18.0. The molecule has 0 bridgehead atoms. The lowest BCUT2D eigenvalue weighted by atomic mass is 10.2. The summed E-state index contributed by atoms with van der Waals surface area (Å²) in [6, 6.07) is 2.58. The standard InChI is InChI=1S/C15H16F4N2O3/c16-9-5-6-11(12(7-9)24-8-15(17,18)19)21-14(23)13(22)20-10-3-1-2-4-10/h5-7,10H,1-4,8H2,(H,20,22)(H,21,23). The third-order valence-electron chi connectivity index (χ3n) is 3.48. The van der Waals surface area contributed by atoms with Crippen LogP contribution in [0.15, 0.2) is 18.2 Å². The second kappa shape index (κ2) is 7.50. The Morgan fingerprint density at radius 1 is 1.17 bits per heavy atom. The number of halogens is 4. The lowest BCUT2D eigenvalue weighted by Crippen LogP contribution is -2.40. The molecule has 2 N–H and O–H groups in total. The van der Waals surface area contributed by atoms with Gasteiger partial charge in [-0.1, -0.05) is 12.8 Å². The second-order valence-corrected chi connectivity index (χ2v) is 5.45. The summed E-state index contributed by atoms with van der Waals surface area (Å²) in [6.07, 6.45) is -1.15. The maximum atomic E-state index is 13.2. The van der Waals surface area contributed by atoms with E-state index in [1.807, 2.05) is 0 Å². The fourth-order valence-corrected chi connectivity index (χ4v) is 2.38. The minimum atomic E-state index is -4.62. The van der Waals surface area contributed by atoms with Gasteiger partial charge in [-0.3, -0.25) is 9.59 Å². The summed E-state index contributed by atoms with van der Waals surface area (Å²) in [4.78, 5) is 23.6. The molecule has 2 amide bonds. The molecule has 1 aliphatic rings. The molecular weight excluding hydrogens is 332 g/mol. The molecule has 1 fully saturated rings. The summed E-state index contributed by atoms with van der Waals surface area (Å²) >= 11 is 0. The van der Waals surface area contributed by atoms with E-state index in [9.17, 15) is 27.2 Å². The van der Waals surface area contributed by atoms with E-state index < -0.39 is 36.2 Å². The molecule has 1 aromatic rings. The number of carbonyl (C=O) groups excluding carboxylic acids is 2. The van der Waals surface area contributed by atoms with Crippen molar-refractivity contribution in [3.05, 3.63) is 24.0 Å². The predicted molar refractivity (Wildman–Crippen MR) is 77.0 cm³/mol. The van der Waals surface area contributed by atoms with Crippen LogP contribution in [0.5, 0.6) is 5.75 Å². The lowest BCUT2D eigenvalue weighted by molar-refractivity contribution is -0.153. The van der Waals surface area contributed by atoms with E-state index in [-0.39, 0.29) is 11.7 Å². The number of rotatable bonds is 4. The first-order valence-corrected chi connectivity index (χ1v) is 7.35. The van der Waals surface area contributed by atoms with Gasteiger partial charge in [0.25, 0.3) is 0 Å². The molecule has 0 saturated heterocycles. The predicted octanol–water partition coefficient (Wildman–Crippen LogP) is 2.76. The Morgan fingerprint density at radius 2 is 1.83 bits per heavy atom. The topological polar surface area (TPSA) is 67.4 Å². The van der Waals surface area contributed by atoms with Crippen LogP contribution in [0.25, 0.3) is 0 Å². The average molecular weight is 348 g/mol. The number of benzene rings is 1. The van der Waals surface area contributed by atoms with Gasteiger partial charge in [-0.25, -0.2) is 4.39 Å². The normalized spacial score (nSPS) is 15.2. The van der Waals surface area contributed by atoms with Crippen LogP contribution in [0.2, 0.25) is 0 Å². The van der Waals surface area contributed by atoms with Crippen molar-refractivity contribution in [2.24, 2.45) is 0 Å². The lowest BCUT2D eigenvalue weighted by Gasteiger charge is -2.15. The van der Waals surface area contributed by atoms with Crippen molar-refractivity contribution in [3.63, 3.8) is 0 Å². The molecule has 1 saturated carbocycles. The number of nitrogens with one attached hydrogen (secondary N) is 2. The zero-order valence-electron chi connectivity index (χ0n) is 12.6. The van der Waals surface area contributed by atoms with Gasteiger partial charge in [0, 0.05) is 12.1 Å². The van der Waals surface area contributed by atoms with Gasteiger partial charge in [0.05, 0.1) is 5.69 Å². The van der Waals surface area contributed by atoms with Crippen LogP contribution in [0.3, 0.4) is 0 Å². The molecule has 1 aliphatic carbocycles. The fourth-order valence-electron chi connectivity index (χ4n) is 2.38. The van der Waals surface area contributed by atoms with Crippen LogP contribution in [0.4, 0.5) is 23.2 Å². The molecule has 0 aliphatic heterocycles. The highest BCUT2D eigenvalue weighted by Gasteiger charge is 2.29. The second-order valence-electron chi connectivity index (χ2n) is 5.45. The molecule has 0 aromatic heterocycles. The third kappa shape index (κ3) is 5.39. The maximum Gasteiger partial charge on any atom is 0.422 e. The van der Waals surface area contributed by atoms with Crippen molar-refractivity contribution in [1.29, 1.82) is 0 Å². The van der Waals surface area contributed by atoms with Crippen LogP contribution in [-0.2, 0) is 9.59 Å². The highest BCUT2D eigenvalue weighted by Crippen LogP contribution is 2.27. The van der Waals surface area contributed by atoms with Gasteiger partial charge in [-0.15, -0.1) is 0 Å². The summed E-state index contributed by atoms with van der Waals surface area (Å²) in [7, 11) is 0. The molecule has 2 rings (SSSR count). The third-order valence-corrected chi connectivity index (χ3v) is 3.48. The number of carbonyl (C=O) groups is 2. The van der Waals surface area contributed by atoms with E-state index in [0.717, 1.165) is 37.8 Å². The van der Waals surface area contributed by atoms with Crippen LogP contribution in [0.1, 0.15) is 25.7 Å². The van der Waals surface area contributed by atoms with Gasteiger partial charge in [0.2, 0.25) is 0 Å². The maximum absolute atomic E-state index is 13.2. The Hall–Kier alpha value is -2.32. The van der Waals surface area contributed by atoms with Gasteiger partial charge in [0.1, 0.15) is 11.6 Å². The molecule has 0 heterocycles. The Bertz CT molecular complexity index is 613. The number of amides is 2. The zero-order valence-corrected chi connectivity index (χ0v) is 12.6. The minimum Gasteiger partial charge on any atom is -0.482 e. The Labute approximate surface area is 135 Å². The van der Waals surface area contributed by atoms with E-state index in [1.165, 1.54) is 0 Å². The van der Waals surface area contributed by atoms with E-state index in [0.29, 0.717) is 6.07 Å². The number of ether oxygens (including phenoxy) is 1. The average Bonchev–Trinajstić information content (AvgIpc) is 2.99. The Balaban J connectivity index is 2.01. The zero-order chi connectivity index (χ0) is 17.7. The summed E-state index contributed by atoms with van der Waals surface area (Å²) in [6.45, 7) is -1.65. The van der Waals surface area contributed by atoms with Crippen molar-refractivity contribution in [2.45, 2.75) is 37.9 Å². The SMILES string of the molecule is O=C(Nc1ccc(F)cc1OCC(F)(F)F)C(=O)NC1CCCC1. The van der Waals surface area contributed by atoms with Crippen LogP contribution in [0, 0.1) is 5.82 Å². The number of hydrogen-bond acceptors (Lipinski definition) is 3. The number of alkyl halides is 3. The first-order chi connectivity index (χ1) is 11.2. The van der Waals surface area contributed by atoms with Gasteiger partial charge in [-0.05, 0) is 25.0 Å². The molecule has 5 nitrogen and oxygen atoms in total. The molecule has 9 heteroatoms. The highest BCUT2D eigenvalue weighted by molar-refractivity contribution is 6.39. The van der Waals surface area contributed by atoms with Crippen molar-refractivity contribution in [2.75, 3.05) is 11.9 Å². The monoisotopic (exact) mass is 348 g/mol. The van der Waals surface area contributed by atoms with Crippen molar-refractivity contribution >= 4 is 17.5 Å². The summed E-state index contributed by atoms with van der Waals surface area (Å²) in [5, 5.41) is 4.68. The Morgan fingerprint density at radius 3 is 2.46 bits per heavy atom. The quantitative estimate of drug-likeness (QED) is 0.649. The van der Waals surface area contributed by atoms with Crippen LogP contribution < -0.4 is 15.4 Å². The molecule has 132 valence electrons. The van der Waals surface area contributed by atoms with Gasteiger partial charge < -0.3 is 15.4 Å². The van der Waals surface area contributed by atoms with Gasteiger partial charge in [0.15, 0.2) is 6.61 Å². The van der Waals surface area contributed by atoms with E-state index in [2.05, 4.69) is 15.4 Å². The van der Waals surface area contributed by atoms with Crippen LogP contribution >= 0.6 is 0 Å². The molecule has 0 spiro atoms. The van der Waals surface area contributed by atoms with E-state index in [4.69, 9.17) is 0 Å². The highest BCUT2D eigenvalue weighted by atomic mass is 19.4. The minimum absolute atomic E-state index is 0.0857. The fraction of sp³-hybridized carbons (Fsp3) is 0.467. The van der Waals surface area contributed by atoms with Crippen molar-refractivity contribution in [1.82, 2.24) is 5.32 Å². The molecule has 24 heavy (non-hydrogen) atoms. The summed E-state index contributed by atoms with van der Waals surface area (Å²) in [5.74, 6) is -3.28. The Kier molecular flexibility index (Phi) is 5.63. The number of anilines is 1. The van der Waals surface area contributed by atoms with Gasteiger partial charge >= 0.3 is 18.0 Å². The van der Waals surface area contributed by atoms with E-state index >= 15 is 0 Å². The largest absolute Gasteiger partial charge is 0.482 e. The molecule has 1 aromatic carbocycles. The van der Waals surface area contributed by atoms with E-state index in [1.54, 1.807) is 0 Å². The summed E-state index contributed by atoms with van der Waals surface area (Å²) < 4.78 is 54.3. The van der Waals surface area contributed by atoms with Crippen molar-refractivity contribution < 1.29 is 31.9 Å². The smallest absolute Gasteiger partial charge is 0.422 e. The molecule has 0 unspecified atom stereocenters. The molecule has 0 atom stereocenters. The molecular formula is C15H16F4N2O3. The summed E-state index contributed by atoms with van der Waals surface area (Å²) in [5.41, 5.74) is -0.216. The molecule has 0 radical (unpaired) electrons.